The summed E-state index contributed by atoms with van der Waals surface area (Å²) in [5, 5.41) is 33.6. The Hall–Kier alpha value is -1.60. The maximum absolute atomic E-state index is 8.71. The molecule has 2 atom stereocenters. The van der Waals surface area contributed by atoms with Gasteiger partial charge in [0.25, 0.3) is 0 Å². The topological polar surface area (TPSA) is 95.2 Å². The third-order valence-corrected chi connectivity index (χ3v) is 4.06. The van der Waals surface area contributed by atoms with Crippen LogP contribution in [0, 0.1) is 45.3 Å². The van der Waals surface area contributed by atoms with E-state index in [2.05, 4.69) is 0 Å². The van der Waals surface area contributed by atoms with E-state index in [0.717, 1.165) is 23.5 Å². The molecule has 0 aromatic carbocycles. The van der Waals surface area contributed by atoms with Gasteiger partial charge in [0, 0.05) is 0 Å². The van der Waals surface area contributed by atoms with Crippen LogP contribution in [0.1, 0.15) is 0 Å². The summed E-state index contributed by atoms with van der Waals surface area (Å²) in [6.45, 7) is 0. The van der Waals surface area contributed by atoms with Crippen LogP contribution >= 0.6 is 23.5 Å². The van der Waals surface area contributed by atoms with E-state index in [4.69, 9.17) is 21.0 Å². The van der Waals surface area contributed by atoms with Gasteiger partial charge in [-0.1, -0.05) is 23.5 Å². The van der Waals surface area contributed by atoms with E-state index >= 15 is 0 Å². The third-order valence-electron chi connectivity index (χ3n) is 1.43. The molecule has 0 unspecified atom stereocenters. The zero-order valence-electron chi connectivity index (χ0n) is 6.76. The summed E-state index contributed by atoms with van der Waals surface area (Å²) < 4.78 is 0. The van der Waals surface area contributed by atoms with Crippen molar-refractivity contribution in [3.05, 3.63) is 9.81 Å². The standard InChI is InChI=1S/C8H2N4S2/c9-1-5-6(2-10)14-8(4-12)7(3-11)13-5/h5-6H/t5-,6-/m0/s1. The van der Waals surface area contributed by atoms with Crippen LogP contribution in [0.15, 0.2) is 9.81 Å². The molecule has 1 aliphatic heterocycles. The highest BCUT2D eigenvalue weighted by molar-refractivity contribution is 8.11. The van der Waals surface area contributed by atoms with E-state index in [0.29, 0.717) is 0 Å². The molecule has 0 aliphatic carbocycles. The Balaban J connectivity index is 3.07. The van der Waals surface area contributed by atoms with E-state index < -0.39 is 10.5 Å². The van der Waals surface area contributed by atoms with Gasteiger partial charge in [-0.25, -0.2) is 0 Å². The summed E-state index contributed by atoms with van der Waals surface area (Å²) in [6.07, 6.45) is 0. The van der Waals surface area contributed by atoms with Gasteiger partial charge in [-0.15, -0.1) is 0 Å². The second kappa shape index (κ2) is 4.58. The average molecular weight is 218 g/mol. The monoisotopic (exact) mass is 218 g/mol. The molecule has 0 N–H and O–H groups in total. The summed E-state index contributed by atoms with van der Waals surface area (Å²) in [6, 6.07) is 7.58. The van der Waals surface area contributed by atoms with Gasteiger partial charge in [0.2, 0.25) is 0 Å². The minimum absolute atomic E-state index is 0.232. The van der Waals surface area contributed by atoms with E-state index in [1.807, 2.05) is 24.3 Å². The molecule has 1 rings (SSSR count). The second-order valence-electron chi connectivity index (χ2n) is 2.22. The lowest BCUT2D eigenvalue weighted by Gasteiger charge is -2.19. The van der Waals surface area contributed by atoms with Gasteiger partial charge in [-0.3, -0.25) is 0 Å². The molecule has 1 aliphatic rings. The molecule has 0 spiro atoms. The molecule has 66 valence electrons. The first-order chi connectivity index (χ1) is 6.76. The third kappa shape index (κ3) is 1.83. The van der Waals surface area contributed by atoms with Crippen LogP contribution in [-0.4, -0.2) is 10.5 Å². The molecule has 0 bridgehead atoms. The first kappa shape index (κ1) is 10.5. The second-order valence-corrected chi connectivity index (χ2v) is 4.52. The first-order valence-corrected chi connectivity index (χ1v) is 5.19. The Morgan fingerprint density at radius 1 is 0.786 bits per heavy atom. The van der Waals surface area contributed by atoms with Crippen molar-refractivity contribution in [3.8, 4) is 24.3 Å². The van der Waals surface area contributed by atoms with Gasteiger partial charge in [0.1, 0.15) is 32.4 Å². The molecule has 0 aromatic rings. The molecule has 14 heavy (non-hydrogen) atoms. The molecule has 0 saturated carbocycles. The number of hydrogen-bond donors (Lipinski definition) is 0. The van der Waals surface area contributed by atoms with Crippen molar-refractivity contribution < 1.29 is 0 Å². The zero-order chi connectivity index (χ0) is 10.6. The van der Waals surface area contributed by atoms with E-state index in [9.17, 15) is 0 Å². The largest absolute Gasteiger partial charge is 0.197 e. The van der Waals surface area contributed by atoms with Crippen LogP contribution in [0.25, 0.3) is 0 Å². The van der Waals surface area contributed by atoms with E-state index in [-0.39, 0.29) is 9.81 Å². The molecule has 4 nitrogen and oxygen atoms in total. The van der Waals surface area contributed by atoms with Crippen LogP contribution in [0.2, 0.25) is 0 Å². The zero-order valence-corrected chi connectivity index (χ0v) is 8.39. The fraction of sp³-hybridized carbons (Fsp3) is 0.250. The van der Waals surface area contributed by atoms with Crippen LogP contribution in [0.4, 0.5) is 0 Å². The summed E-state index contributed by atoms with van der Waals surface area (Å²) in [4.78, 5) is 0.464. The Morgan fingerprint density at radius 2 is 1.14 bits per heavy atom. The predicted octanol–water partition coefficient (Wildman–Crippen LogP) is 1.51. The molecule has 6 heteroatoms. The summed E-state index contributed by atoms with van der Waals surface area (Å²) in [7, 11) is 0. The number of thioether (sulfide) groups is 2. The van der Waals surface area contributed by atoms with Gasteiger partial charge in [-0.2, -0.15) is 21.0 Å². The predicted molar refractivity (Wildman–Crippen MR) is 52.2 cm³/mol. The van der Waals surface area contributed by atoms with Gasteiger partial charge >= 0.3 is 0 Å². The highest BCUT2D eigenvalue weighted by Gasteiger charge is 2.32. The maximum atomic E-state index is 8.71. The highest BCUT2D eigenvalue weighted by atomic mass is 32.2. The lowest BCUT2D eigenvalue weighted by molar-refractivity contribution is 1.11. The lowest BCUT2D eigenvalue weighted by Crippen LogP contribution is -2.20. The maximum Gasteiger partial charge on any atom is 0.122 e. The molecule has 0 saturated heterocycles. The quantitative estimate of drug-likeness (QED) is 0.611. The van der Waals surface area contributed by atoms with E-state index in [1.54, 1.807) is 0 Å². The van der Waals surface area contributed by atoms with Crippen molar-refractivity contribution in [2.24, 2.45) is 0 Å². The van der Waals surface area contributed by atoms with E-state index in [1.165, 1.54) is 0 Å². The molecule has 0 fully saturated rings. The van der Waals surface area contributed by atoms with Gasteiger partial charge in [0.15, 0.2) is 0 Å². The smallest absolute Gasteiger partial charge is 0.122 e. The van der Waals surface area contributed by atoms with Crippen LogP contribution < -0.4 is 0 Å². The van der Waals surface area contributed by atoms with Gasteiger partial charge in [-0.05, 0) is 0 Å². The minimum atomic E-state index is -0.572. The van der Waals surface area contributed by atoms with Crippen LogP contribution in [-0.2, 0) is 0 Å². The van der Waals surface area contributed by atoms with Gasteiger partial charge < -0.3 is 0 Å². The number of allylic oxidation sites excluding steroid dienone is 2. The molecule has 0 aromatic heterocycles. The van der Waals surface area contributed by atoms with Crippen molar-refractivity contribution >= 4 is 23.5 Å². The number of hydrogen-bond acceptors (Lipinski definition) is 6. The Bertz CT molecular complexity index is 398. The number of rotatable bonds is 0. The minimum Gasteiger partial charge on any atom is -0.197 e. The van der Waals surface area contributed by atoms with Crippen LogP contribution in [0.3, 0.4) is 0 Å². The van der Waals surface area contributed by atoms with Crippen molar-refractivity contribution in [3.63, 3.8) is 0 Å². The molecule has 0 amide bonds. The number of nitrogens with zero attached hydrogens (tertiary/aromatic N) is 4. The SMILES string of the molecule is N#CC1=C(C#N)S[C@@H](C#N)[C@H](C#N)S1. The summed E-state index contributed by atoms with van der Waals surface area (Å²) in [5.74, 6) is 0. The normalized spacial score (nSPS) is 25.4. The molecule has 0 radical (unpaired) electrons. The molecular weight excluding hydrogens is 216 g/mol. The Kier molecular flexibility index (Phi) is 3.43. The molecular formula is C8H2N4S2. The number of nitriles is 4. The highest BCUT2D eigenvalue weighted by Crippen LogP contribution is 2.41. The van der Waals surface area contributed by atoms with Crippen molar-refractivity contribution in [2.75, 3.05) is 0 Å². The first-order valence-electron chi connectivity index (χ1n) is 3.43. The summed E-state index contributed by atoms with van der Waals surface area (Å²) in [5.41, 5.74) is 0. The fourth-order valence-corrected chi connectivity index (χ4v) is 2.84. The van der Waals surface area contributed by atoms with Crippen molar-refractivity contribution in [1.82, 2.24) is 0 Å². The Morgan fingerprint density at radius 3 is 1.36 bits per heavy atom. The summed E-state index contributed by atoms with van der Waals surface area (Å²) >= 11 is 1.98. The average Bonchev–Trinajstić information content (AvgIpc) is 2.26. The molecule has 1 heterocycles. The van der Waals surface area contributed by atoms with Crippen molar-refractivity contribution in [1.29, 1.82) is 21.0 Å². The van der Waals surface area contributed by atoms with Crippen LogP contribution in [0.5, 0.6) is 0 Å². The van der Waals surface area contributed by atoms with Gasteiger partial charge in [0.05, 0.1) is 12.1 Å². The fourth-order valence-electron chi connectivity index (χ4n) is 0.827. The Labute approximate surface area is 89.4 Å². The van der Waals surface area contributed by atoms with Crippen molar-refractivity contribution in [2.45, 2.75) is 10.5 Å². The lowest BCUT2D eigenvalue weighted by atomic mass is 10.3.